The average Bonchev–Trinajstić information content (AvgIpc) is 2.45. The van der Waals surface area contributed by atoms with Gasteiger partial charge in [-0.25, -0.2) is 9.37 Å². The van der Waals surface area contributed by atoms with Gasteiger partial charge in [0.15, 0.2) is 0 Å². The Labute approximate surface area is 115 Å². The summed E-state index contributed by atoms with van der Waals surface area (Å²) in [5.41, 5.74) is 2.05. The minimum absolute atomic E-state index is 0.236. The SMILES string of the molecule is Fc1c(Cc2ccccc2)c(Cl)nc2ccccc12. The molecule has 0 saturated heterocycles. The molecule has 1 heterocycles. The molecule has 19 heavy (non-hydrogen) atoms. The molecule has 0 aliphatic carbocycles. The summed E-state index contributed by atoms with van der Waals surface area (Å²) in [6.45, 7) is 0. The number of benzene rings is 2. The Balaban J connectivity index is 2.13. The third-order valence-electron chi connectivity index (χ3n) is 3.10. The van der Waals surface area contributed by atoms with Gasteiger partial charge in [-0.1, -0.05) is 54.1 Å². The lowest BCUT2D eigenvalue weighted by Gasteiger charge is -2.08. The zero-order valence-corrected chi connectivity index (χ0v) is 10.9. The van der Waals surface area contributed by atoms with Gasteiger partial charge in [0.2, 0.25) is 0 Å². The van der Waals surface area contributed by atoms with E-state index < -0.39 is 0 Å². The second-order valence-electron chi connectivity index (χ2n) is 4.37. The molecule has 0 amide bonds. The van der Waals surface area contributed by atoms with E-state index in [9.17, 15) is 4.39 Å². The van der Waals surface area contributed by atoms with Gasteiger partial charge >= 0.3 is 0 Å². The summed E-state index contributed by atoms with van der Waals surface area (Å²) in [5.74, 6) is -0.278. The minimum atomic E-state index is -0.278. The maximum atomic E-state index is 14.5. The zero-order chi connectivity index (χ0) is 13.2. The number of hydrogen-bond acceptors (Lipinski definition) is 1. The van der Waals surface area contributed by atoms with Crippen molar-refractivity contribution in [3.63, 3.8) is 0 Å². The predicted octanol–water partition coefficient (Wildman–Crippen LogP) is 4.62. The van der Waals surface area contributed by atoms with Crippen LogP contribution in [0.2, 0.25) is 5.15 Å². The fourth-order valence-corrected chi connectivity index (χ4v) is 2.37. The number of pyridine rings is 1. The number of para-hydroxylation sites is 1. The van der Waals surface area contributed by atoms with E-state index in [-0.39, 0.29) is 11.0 Å². The molecule has 0 radical (unpaired) electrons. The van der Waals surface area contributed by atoms with Crippen molar-refractivity contribution in [1.29, 1.82) is 0 Å². The molecule has 0 spiro atoms. The fourth-order valence-electron chi connectivity index (χ4n) is 2.13. The quantitative estimate of drug-likeness (QED) is 0.620. The summed E-state index contributed by atoms with van der Waals surface area (Å²) in [4.78, 5) is 4.26. The van der Waals surface area contributed by atoms with Gasteiger partial charge in [0, 0.05) is 17.4 Å². The Kier molecular flexibility index (Phi) is 3.18. The fraction of sp³-hybridized carbons (Fsp3) is 0.0625. The molecule has 1 nitrogen and oxygen atoms in total. The first-order valence-corrected chi connectivity index (χ1v) is 6.40. The van der Waals surface area contributed by atoms with Crippen molar-refractivity contribution in [2.24, 2.45) is 0 Å². The maximum Gasteiger partial charge on any atom is 0.139 e. The van der Waals surface area contributed by atoms with Crippen molar-refractivity contribution in [1.82, 2.24) is 4.98 Å². The van der Waals surface area contributed by atoms with Crippen LogP contribution >= 0.6 is 11.6 Å². The zero-order valence-electron chi connectivity index (χ0n) is 10.1. The first-order chi connectivity index (χ1) is 9.25. The molecule has 0 atom stereocenters. The first-order valence-electron chi connectivity index (χ1n) is 6.02. The highest BCUT2D eigenvalue weighted by atomic mass is 35.5. The van der Waals surface area contributed by atoms with Crippen LogP contribution in [0.25, 0.3) is 10.9 Å². The highest BCUT2D eigenvalue weighted by molar-refractivity contribution is 6.30. The van der Waals surface area contributed by atoms with E-state index in [0.29, 0.717) is 22.9 Å². The topological polar surface area (TPSA) is 12.9 Å². The minimum Gasteiger partial charge on any atom is -0.236 e. The lowest BCUT2D eigenvalue weighted by molar-refractivity contribution is 0.624. The van der Waals surface area contributed by atoms with Gasteiger partial charge in [-0.2, -0.15) is 0 Å². The summed E-state index contributed by atoms with van der Waals surface area (Å²) in [6.07, 6.45) is 0.448. The van der Waals surface area contributed by atoms with Crippen LogP contribution in [0.15, 0.2) is 54.6 Å². The van der Waals surface area contributed by atoms with E-state index in [1.165, 1.54) is 0 Å². The molecular weight excluding hydrogens is 261 g/mol. The van der Waals surface area contributed by atoms with Crippen LogP contribution in [0.3, 0.4) is 0 Å². The Hall–Kier alpha value is -1.93. The van der Waals surface area contributed by atoms with E-state index >= 15 is 0 Å². The smallest absolute Gasteiger partial charge is 0.139 e. The van der Waals surface area contributed by atoms with Crippen LogP contribution in [-0.4, -0.2) is 4.98 Å². The second-order valence-corrected chi connectivity index (χ2v) is 4.73. The Bertz CT molecular complexity index is 725. The molecule has 0 saturated carbocycles. The molecule has 0 aliphatic heterocycles. The number of nitrogens with zero attached hydrogens (tertiary/aromatic N) is 1. The second kappa shape index (κ2) is 4.98. The van der Waals surface area contributed by atoms with Crippen molar-refractivity contribution >= 4 is 22.5 Å². The van der Waals surface area contributed by atoms with E-state index in [2.05, 4.69) is 4.98 Å². The normalized spacial score (nSPS) is 10.8. The van der Waals surface area contributed by atoms with Gasteiger partial charge in [0.25, 0.3) is 0 Å². The molecule has 3 aromatic rings. The molecule has 0 unspecified atom stereocenters. The maximum absolute atomic E-state index is 14.5. The van der Waals surface area contributed by atoms with Gasteiger partial charge in [-0.15, -0.1) is 0 Å². The van der Waals surface area contributed by atoms with Gasteiger partial charge in [0.1, 0.15) is 11.0 Å². The van der Waals surface area contributed by atoms with Crippen LogP contribution in [0.4, 0.5) is 4.39 Å². The van der Waals surface area contributed by atoms with Crippen LogP contribution in [-0.2, 0) is 6.42 Å². The third-order valence-corrected chi connectivity index (χ3v) is 3.41. The van der Waals surface area contributed by atoms with Gasteiger partial charge in [-0.3, -0.25) is 0 Å². The molecule has 0 aliphatic rings. The molecule has 3 rings (SSSR count). The summed E-state index contributed by atoms with van der Waals surface area (Å²) in [5, 5.41) is 0.748. The van der Waals surface area contributed by atoms with Crippen LogP contribution in [0, 0.1) is 5.82 Å². The number of aromatic nitrogens is 1. The molecule has 0 N–H and O–H groups in total. The summed E-state index contributed by atoms with van der Waals surface area (Å²) < 4.78 is 14.5. The summed E-state index contributed by atoms with van der Waals surface area (Å²) >= 11 is 6.11. The lowest BCUT2D eigenvalue weighted by Crippen LogP contribution is -1.98. The molecule has 0 fully saturated rings. The van der Waals surface area contributed by atoms with Gasteiger partial charge < -0.3 is 0 Å². The third kappa shape index (κ3) is 2.32. The van der Waals surface area contributed by atoms with E-state index in [1.54, 1.807) is 18.2 Å². The average molecular weight is 272 g/mol. The predicted molar refractivity (Wildman–Crippen MR) is 76.0 cm³/mol. The number of fused-ring (bicyclic) bond motifs is 1. The first kappa shape index (κ1) is 12.1. The Morgan fingerprint density at radius 3 is 2.42 bits per heavy atom. The van der Waals surface area contributed by atoms with Crippen LogP contribution in [0.5, 0.6) is 0 Å². The molecule has 0 bridgehead atoms. The Morgan fingerprint density at radius 2 is 1.63 bits per heavy atom. The summed E-state index contributed by atoms with van der Waals surface area (Å²) in [6, 6.07) is 16.8. The van der Waals surface area contributed by atoms with Crippen molar-refractivity contribution in [2.75, 3.05) is 0 Å². The standard InChI is InChI=1S/C16H11ClFN/c17-16-13(10-11-6-2-1-3-7-11)15(18)12-8-4-5-9-14(12)19-16/h1-9H,10H2. The van der Waals surface area contributed by atoms with E-state index in [4.69, 9.17) is 11.6 Å². The monoisotopic (exact) mass is 271 g/mol. The van der Waals surface area contributed by atoms with Gasteiger partial charge in [-0.05, 0) is 17.7 Å². The Morgan fingerprint density at radius 1 is 0.947 bits per heavy atom. The summed E-state index contributed by atoms with van der Waals surface area (Å²) in [7, 11) is 0. The van der Waals surface area contributed by atoms with E-state index in [0.717, 1.165) is 5.56 Å². The highest BCUT2D eigenvalue weighted by Crippen LogP contribution is 2.27. The van der Waals surface area contributed by atoms with Crippen molar-refractivity contribution in [3.05, 3.63) is 76.7 Å². The molecule has 2 aromatic carbocycles. The van der Waals surface area contributed by atoms with Crippen LogP contribution in [0.1, 0.15) is 11.1 Å². The molecule has 1 aromatic heterocycles. The van der Waals surface area contributed by atoms with Crippen LogP contribution < -0.4 is 0 Å². The molecule has 94 valence electrons. The van der Waals surface area contributed by atoms with Gasteiger partial charge in [0.05, 0.1) is 5.52 Å². The van der Waals surface area contributed by atoms with E-state index in [1.807, 2.05) is 36.4 Å². The van der Waals surface area contributed by atoms with Crippen molar-refractivity contribution in [2.45, 2.75) is 6.42 Å². The highest BCUT2D eigenvalue weighted by Gasteiger charge is 2.13. The number of rotatable bonds is 2. The largest absolute Gasteiger partial charge is 0.236 e. The van der Waals surface area contributed by atoms with Crippen molar-refractivity contribution < 1.29 is 4.39 Å². The van der Waals surface area contributed by atoms with Crippen molar-refractivity contribution in [3.8, 4) is 0 Å². The molecular formula is C16H11ClFN. The lowest BCUT2D eigenvalue weighted by atomic mass is 10.0. The number of hydrogen-bond donors (Lipinski definition) is 0. The number of halogens is 2. The molecule has 3 heteroatoms.